The number of rotatable bonds is 2. The molecule has 0 spiro atoms. The summed E-state index contributed by atoms with van der Waals surface area (Å²) in [5.74, 6) is -0.0971. The number of carboxylic acid groups (broad SMARTS) is 1. The molecule has 0 aromatic rings. The largest absolute Gasteiger partial charge is 0.481 e. The molecule has 2 heteroatoms. The van der Waals surface area contributed by atoms with E-state index in [1.54, 1.807) is 0 Å². The monoisotopic (exact) mass is 182 g/mol. The minimum Gasteiger partial charge on any atom is -0.481 e. The fourth-order valence-electron chi connectivity index (χ4n) is 1.96. The van der Waals surface area contributed by atoms with Gasteiger partial charge in [0.25, 0.3) is 0 Å². The van der Waals surface area contributed by atoms with Gasteiger partial charge in [-0.25, -0.2) is 0 Å². The summed E-state index contributed by atoms with van der Waals surface area (Å²) in [6.45, 7) is 7.81. The van der Waals surface area contributed by atoms with Crippen LogP contribution in [0.1, 0.15) is 39.5 Å². The van der Waals surface area contributed by atoms with Crippen LogP contribution in [0, 0.1) is 11.3 Å². The molecule has 1 fully saturated rings. The van der Waals surface area contributed by atoms with Crippen LogP contribution in [0.15, 0.2) is 12.2 Å². The third-order valence-electron chi connectivity index (χ3n) is 3.30. The van der Waals surface area contributed by atoms with Crippen molar-refractivity contribution in [3.05, 3.63) is 12.2 Å². The van der Waals surface area contributed by atoms with Crippen LogP contribution in [-0.2, 0) is 4.79 Å². The van der Waals surface area contributed by atoms with Gasteiger partial charge in [-0.2, -0.15) is 0 Å². The van der Waals surface area contributed by atoms with E-state index in [-0.39, 0.29) is 0 Å². The second kappa shape index (κ2) is 3.52. The van der Waals surface area contributed by atoms with E-state index in [9.17, 15) is 4.79 Å². The predicted molar refractivity (Wildman–Crippen MR) is 52.5 cm³/mol. The molecular formula is C11H18O2. The number of allylic oxidation sites excluding steroid dienone is 1. The minimum absolute atomic E-state index is 0.480. The Hall–Kier alpha value is -0.790. The van der Waals surface area contributed by atoms with Crippen LogP contribution in [0.2, 0.25) is 0 Å². The zero-order valence-electron chi connectivity index (χ0n) is 8.47. The molecule has 0 saturated heterocycles. The van der Waals surface area contributed by atoms with Crippen LogP contribution in [0.4, 0.5) is 0 Å². The highest BCUT2D eigenvalue weighted by atomic mass is 16.4. The lowest BCUT2D eigenvalue weighted by Gasteiger charge is -2.34. The molecule has 0 radical (unpaired) electrons. The standard InChI is InChI=1S/C11H18O2/c1-8(2)9-4-6-11(3,7-5-9)10(12)13/h9H,1,4-7H2,2-3H3,(H,12,13). The molecule has 74 valence electrons. The van der Waals surface area contributed by atoms with Crippen LogP contribution in [0.5, 0.6) is 0 Å². The molecule has 0 aromatic carbocycles. The maximum Gasteiger partial charge on any atom is 0.309 e. The van der Waals surface area contributed by atoms with Crippen LogP contribution < -0.4 is 0 Å². The van der Waals surface area contributed by atoms with Crippen molar-refractivity contribution in [3.8, 4) is 0 Å². The summed E-state index contributed by atoms with van der Waals surface area (Å²) in [6.07, 6.45) is 3.55. The summed E-state index contributed by atoms with van der Waals surface area (Å²) in [5, 5.41) is 9.00. The highest BCUT2D eigenvalue weighted by molar-refractivity contribution is 5.74. The summed E-state index contributed by atoms with van der Waals surface area (Å²) < 4.78 is 0. The second-order valence-corrected chi connectivity index (χ2v) is 4.49. The summed E-state index contributed by atoms with van der Waals surface area (Å²) in [5.41, 5.74) is 0.721. The van der Waals surface area contributed by atoms with Crippen molar-refractivity contribution in [3.63, 3.8) is 0 Å². The average molecular weight is 182 g/mol. The molecule has 0 unspecified atom stereocenters. The molecule has 0 bridgehead atoms. The molecule has 0 amide bonds. The number of hydrogen-bond acceptors (Lipinski definition) is 1. The Morgan fingerprint density at radius 2 is 1.92 bits per heavy atom. The Kier molecular flexibility index (Phi) is 2.79. The van der Waals surface area contributed by atoms with Gasteiger partial charge in [-0.3, -0.25) is 4.79 Å². The number of carboxylic acids is 1. The SMILES string of the molecule is C=C(C)C1CCC(C)(C(=O)O)CC1. The van der Waals surface area contributed by atoms with Crippen molar-refractivity contribution in [2.24, 2.45) is 11.3 Å². The smallest absolute Gasteiger partial charge is 0.309 e. The third-order valence-corrected chi connectivity index (χ3v) is 3.30. The molecule has 1 rings (SSSR count). The van der Waals surface area contributed by atoms with E-state index in [4.69, 9.17) is 5.11 Å². The van der Waals surface area contributed by atoms with Gasteiger partial charge in [-0.05, 0) is 45.4 Å². The van der Waals surface area contributed by atoms with Crippen molar-refractivity contribution in [2.45, 2.75) is 39.5 Å². The van der Waals surface area contributed by atoms with E-state index in [0.29, 0.717) is 5.92 Å². The minimum atomic E-state index is -0.646. The predicted octanol–water partition coefficient (Wildman–Crippen LogP) is 2.84. The molecule has 13 heavy (non-hydrogen) atoms. The maximum atomic E-state index is 10.9. The first-order valence-electron chi connectivity index (χ1n) is 4.84. The van der Waals surface area contributed by atoms with Gasteiger partial charge >= 0.3 is 5.97 Å². The van der Waals surface area contributed by atoms with Crippen LogP contribution in [0.3, 0.4) is 0 Å². The fraction of sp³-hybridized carbons (Fsp3) is 0.727. The van der Waals surface area contributed by atoms with Crippen molar-refractivity contribution < 1.29 is 9.90 Å². The van der Waals surface area contributed by atoms with Gasteiger partial charge in [-0.15, -0.1) is 0 Å². The van der Waals surface area contributed by atoms with Crippen LogP contribution >= 0.6 is 0 Å². The van der Waals surface area contributed by atoms with E-state index < -0.39 is 11.4 Å². The first kappa shape index (κ1) is 10.3. The quantitative estimate of drug-likeness (QED) is 0.667. The lowest BCUT2D eigenvalue weighted by Crippen LogP contribution is -2.32. The van der Waals surface area contributed by atoms with Gasteiger partial charge in [0, 0.05) is 0 Å². The topological polar surface area (TPSA) is 37.3 Å². The molecule has 0 aliphatic heterocycles. The van der Waals surface area contributed by atoms with E-state index in [2.05, 4.69) is 6.58 Å². The summed E-state index contributed by atoms with van der Waals surface area (Å²) >= 11 is 0. The molecule has 0 heterocycles. The van der Waals surface area contributed by atoms with E-state index in [1.807, 2.05) is 13.8 Å². The highest BCUT2D eigenvalue weighted by Gasteiger charge is 2.37. The third kappa shape index (κ3) is 2.11. The van der Waals surface area contributed by atoms with Crippen LogP contribution in [0.25, 0.3) is 0 Å². The molecule has 1 aliphatic rings. The van der Waals surface area contributed by atoms with Gasteiger partial charge in [0.15, 0.2) is 0 Å². The van der Waals surface area contributed by atoms with E-state index >= 15 is 0 Å². The van der Waals surface area contributed by atoms with Crippen molar-refractivity contribution in [1.82, 2.24) is 0 Å². The summed E-state index contributed by atoms with van der Waals surface area (Å²) in [7, 11) is 0. The number of carbonyl (C=O) groups is 1. The Balaban J connectivity index is 2.56. The van der Waals surface area contributed by atoms with Gasteiger partial charge < -0.3 is 5.11 Å². The van der Waals surface area contributed by atoms with Crippen molar-refractivity contribution in [1.29, 1.82) is 0 Å². The van der Waals surface area contributed by atoms with Gasteiger partial charge in [0.05, 0.1) is 5.41 Å². The average Bonchev–Trinajstić information content (AvgIpc) is 2.04. The van der Waals surface area contributed by atoms with Gasteiger partial charge in [0.2, 0.25) is 0 Å². The van der Waals surface area contributed by atoms with E-state index in [1.165, 1.54) is 5.57 Å². The summed E-state index contributed by atoms with van der Waals surface area (Å²) in [4.78, 5) is 10.9. The first-order valence-corrected chi connectivity index (χ1v) is 4.84. The van der Waals surface area contributed by atoms with Crippen molar-refractivity contribution >= 4 is 5.97 Å². The molecule has 0 atom stereocenters. The zero-order valence-corrected chi connectivity index (χ0v) is 8.47. The maximum absolute atomic E-state index is 10.9. The number of hydrogen-bond donors (Lipinski definition) is 1. The van der Waals surface area contributed by atoms with Gasteiger partial charge in [-0.1, -0.05) is 12.2 Å². The highest BCUT2D eigenvalue weighted by Crippen LogP contribution is 2.40. The molecule has 1 saturated carbocycles. The van der Waals surface area contributed by atoms with Crippen LogP contribution in [-0.4, -0.2) is 11.1 Å². The Labute approximate surface area is 79.6 Å². The molecule has 1 N–H and O–H groups in total. The lowest BCUT2D eigenvalue weighted by atomic mass is 9.70. The molecule has 2 nitrogen and oxygen atoms in total. The first-order chi connectivity index (χ1) is 5.96. The second-order valence-electron chi connectivity index (χ2n) is 4.49. The molecular weight excluding hydrogens is 164 g/mol. The lowest BCUT2D eigenvalue weighted by molar-refractivity contribution is -0.150. The molecule has 0 aromatic heterocycles. The fourth-order valence-corrected chi connectivity index (χ4v) is 1.96. The zero-order chi connectivity index (χ0) is 10.1. The normalized spacial score (nSPS) is 34.2. The molecule has 1 aliphatic carbocycles. The number of aliphatic carboxylic acids is 1. The Morgan fingerprint density at radius 3 is 2.23 bits per heavy atom. The Morgan fingerprint density at radius 1 is 1.46 bits per heavy atom. The van der Waals surface area contributed by atoms with Crippen molar-refractivity contribution in [2.75, 3.05) is 0 Å². The summed E-state index contributed by atoms with van der Waals surface area (Å²) in [6, 6.07) is 0. The van der Waals surface area contributed by atoms with Gasteiger partial charge in [0.1, 0.15) is 0 Å². The Bertz CT molecular complexity index is 222. The van der Waals surface area contributed by atoms with E-state index in [0.717, 1.165) is 25.7 Å².